The van der Waals surface area contributed by atoms with Gasteiger partial charge in [-0.1, -0.05) is 40.7 Å². The molecule has 0 aromatic heterocycles. The Kier molecular flexibility index (Phi) is 13.2. The molecule has 2 aliphatic heterocycles. The third-order valence-electron chi connectivity index (χ3n) is 18.1. The molecule has 0 aromatic carbocycles. The van der Waals surface area contributed by atoms with E-state index in [0.29, 0.717) is 25.7 Å². The normalized spacial score (nSPS) is 53.3. The summed E-state index contributed by atoms with van der Waals surface area (Å²) in [6.45, 7) is 9.69. The van der Waals surface area contributed by atoms with Gasteiger partial charge < -0.3 is 64.9 Å². The summed E-state index contributed by atoms with van der Waals surface area (Å²) in [6, 6.07) is 0. The highest BCUT2D eigenvalue weighted by Gasteiger charge is 2.71. The molecular weight excluding hydrogens is 809 g/mol. The van der Waals surface area contributed by atoms with Gasteiger partial charge >= 0.3 is 10.4 Å². The minimum atomic E-state index is -4.85. The van der Waals surface area contributed by atoms with Gasteiger partial charge in [-0.2, -0.15) is 8.42 Å². The van der Waals surface area contributed by atoms with Gasteiger partial charge in [-0.15, -0.1) is 0 Å². The van der Waals surface area contributed by atoms with E-state index in [2.05, 4.69) is 33.8 Å². The fourth-order valence-corrected chi connectivity index (χ4v) is 15.0. The van der Waals surface area contributed by atoms with E-state index in [1.54, 1.807) is 0 Å². The van der Waals surface area contributed by atoms with Gasteiger partial charge in [0, 0.05) is 17.4 Å². The van der Waals surface area contributed by atoms with Gasteiger partial charge in [0.05, 0.1) is 32.5 Å². The van der Waals surface area contributed by atoms with E-state index >= 15 is 0 Å². The van der Waals surface area contributed by atoms with E-state index in [9.17, 15) is 58.9 Å². The van der Waals surface area contributed by atoms with E-state index in [-0.39, 0.29) is 64.5 Å². The van der Waals surface area contributed by atoms with Crippen LogP contribution in [0.15, 0.2) is 11.6 Å². The quantitative estimate of drug-likeness (QED) is 0.0765. The Morgan fingerprint density at radius 2 is 1.35 bits per heavy atom. The third kappa shape index (κ3) is 7.47. The summed E-state index contributed by atoms with van der Waals surface area (Å²) >= 11 is 0. The first-order valence-electron chi connectivity index (χ1n) is 21.9. The maximum absolute atomic E-state index is 12.1. The number of hydrogen-bond donors (Lipinski definition) is 10. The molecule has 17 nitrogen and oxygen atoms in total. The Morgan fingerprint density at radius 1 is 0.733 bits per heavy atom. The van der Waals surface area contributed by atoms with Gasteiger partial charge in [0.2, 0.25) is 0 Å². The lowest BCUT2D eigenvalue weighted by molar-refractivity contribution is -0.335. The van der Waals surface area contributed by atoms with Crippen LogP contribution in [0.2, 0.25) is 0 Å². The lowest BCUT2D eigenvalue weighted by Gasteiger charge is -2.74. The summed E-state index contributed by atoms with van der Waals surface area (Å²) in [5, 5.41) is 93.8. The molecule has 5 aliphatic carbocycles. The van der Waals surface area contributed by atoms with Crippen LogP contribution in [-0.2, 0) is 33.5 Å². The van der Waals surface area contributed by atoms with Crippen LogP contribution in [0.25, 0.3) is 0 Å². The fourth-order valence-electron chi connectivity index (χ4n) is 14.6. The van der Waals surface area contributed by atoms with Crippen LogP contribution in [0.5, 0.6) is 0 Å². The zero-order chi connectivity index (χ0) is 44.0. The van der Waals surface area contributed by atoms with Gasteiger partial charge in [0.1, 0.15) is 48.8 Å². The second kappa shape index (κ2) is 16.8. The minimum Gasteiger partial charge on any atom is -0.396 e. The summed E-state index contributed by atoms with van der Waals surface area (Å²) in [5.74, 6) is 0.332. The van der Waals surface area contributed by atoms with Crippen molar-refractivity contribution >= 4 is 10.4 Å². The first-order chi connectivity index (χ1) is 28.1. The number of hydrogen-bond acceptors (Lipinski definition) is 16. The topological polar surface area (TPSA) is 283 Å². The van der Waals surface area contributed by atoms with E-state index < -0.39 is 103 Å². The average Bonchev–Trinajstić information content (AvgIpc) is 3.20. The number of ether oxygens (including phenoxy) is 4. The van der Waals surface area contributed by atoms with Crippen LogP contribution >= 0.6 is 0 Å². The number of allylic oxidation sites excluding steroid dienone is 1. The largest absolute Gasteiger partial charge is 0.397 e. The molecule has 4 saturated carbocycles. The highest BCUT2D eigenvalue weighted by molar-refractivity contribution is 7.80. The lowest BCUT2D eigenvalue weighted by atomic mass is 9.31. The molecule has 346 valence electrons. The minimum absolute atomic E-state index is 0.0108. The number of fused-ring (bicyclic) bond motifs is 7. The zero-order valence-electron chi connectivity index (χ0n) is 35.5. The number of aliphatic hydroxyl groups is 9. The van der Waals surface area contributed by atoms with Crippen molar-refractivity contribution in [2.45, 2.75) is 160 Å². The zero-order valence-corrected chi connectivity index (χ0v) is 36.3. The Bertz CT molecular complexity index is 1680. The number of aliphatic hydroxyl groups excluding tert-OH is 9. The molecule has 10 N–H and O–H groups in total. The second-order valence-electron chi connectivity index (χ2n) is 20.6. The van der Waals surface area contributed by atoms with Gasteiger partial charge in [-0.25, -0.2) is 4.18 Å². The molecule has 18 heteroatoms. The van der Waals surface area contributed by atoms with Crippen LogP contribution in [0.4, 0.5) is 0 Å². The molecule has 0 aromatic rings. The van der Waals surface area contributed by atoms with Crippen molar-refractivity contribution in [2.24, 2.45) is 56.7 Å². The van der Waals surface area contributed by atoms with E-state index in [0.717, 1.165) is 37.7 Å². The summed E-state index contributed by atoms with van der Waals surface area (Å²) < 4.78 is 63.1. The average molecular weight is 879 g/mol. The smallest absolute Gasteiger partial charge is 0.396 e. The Morgan fingerprint density at radius 3 is 1.95 bits per heavy atom. The highest BCUT2D eigenvalue weighted by Crippen LogP contribution is 2.77. The van der Waals surface area contributed by atoms with Crippen LogP contribution in [-0.4, -0.2) is 159 Å². The van der Waals surface area contributed by atoms with Crippen molar-refractivity contribution in [3.63, 3.8) is 0 Å². The molecule has 0 radical (unpaired) electrons. The Labute approximate surface area is 353 Å². The van der Waals surface area contributed by atoms with Gasteiger partial charge in [0.15, 0.2) is 12.6 Å². The molecule has 2 saturated heterocycles. The first-order valence-corrected chi connectivity index (χ1v) is 23.2. The van der Waals surface area contributed by atoms with Crippen molar-refractivity contribution in [1.29, 1.82) is 0 Å². The first kappa shape index (κ1) is 47.1. The predicted octanol–water partition coefficient (Wildman–Crippen LogP) is 0.418. The molecule has 0 bridgehead atoms. The van der Waals surface area contributed by atoms with E-state index in [1.807, 2.05) is 6.92 Å². The molecule has 0 amide bonds. The standard InChI is InChI=1S/C42H70O17S/c1-21-22(18-55-36-34(50)32(48)30(46)24(16-43)57-36)8-13-42(19-45)15-14-40(4)23(29(21)42)6-7-27-38(2)11-10-28(59-37-35(51)33(49)31(47)25(17-44)58-37)39(3,20-56-60(52,53)54)26(38)9-12-41(27,40)5/h8,21,23-37,43-51H,6-7,9-20H2,1-5H3,(H,52,53,54)/t21-,23+,24-,25+,26+,27+,28-,29-,30-,31+,32+,33-,34-,35+,36-,37-,38-,39+,40+,41+,42+/m0/s1. The van der Waals surface area contributed by atoms with Crippen molar-refractivity contribution in [3.8, 4) is 0 Å². The van der Waals surface area contributed by atoms with Gasteiger partial charge in [0.25, 0.3) is 0 Å². The molecule has 2 heterocycles. The SMILES string of the molecule is C[C@H]1C(CO[C@H]2O[C@@H](CO)[C@H](O)[C@@H](O)[C@@H]2O)=CC[C@]2(CO)CC[C@]3(C)[C@H](CC[C@@H]4[C@@]5(C)CC[C@H](O[C@@H]6O[C@H](CO)[C@@H](O)[C@H](O)[C@H]6O)[C@](C)(COS(=O)(=O)O)[C@@H]5CC[C@]43C)[C@H]12. The van der Waals surface area contributed by atoms with Crippen molar-refractivity contribution in [2.75, 3.05) is 33.0 Å². The van der Waals surface area contributed by atoms with Crippen LogP contribution in [0.1, 0.15) is 92.4 Å². The van der Waals surface area contributed by atoms with Crippen molar-refractivity contribution in [3.05, 3.63) is 11.6 Å². The van der Waals surface area contributed by atoms with Gasteiger partial charge in [-0.05, 0) is 109 Å². The molecule has 21 atom stereocenters. The maximum atomic E-state index is 12.1. The molecule has 7 rings (SSSR count). The third-order valence-corrected chi connectivity index (χ3v) is 18.5. The monoisotopic (exact) mass is 878 g/mol. The Hall–Kier alpha value is -0.910. The van der Waals surface area contributed by atoms with E-state index in [1.165, 1.54) is 0 Å². The maximum Gasteiger partial charge on any atom is 0.397 e. The second-order valence-corrected chi connectivity index (χ2v) is 21.6. The van der Waals surface area contributed by atoms with Crippen LogP contribution in [0, 0.1) is 56.7 Å². The summed E-state index contributed by atoms with van der Waals surface area (Å²) in [5.41, 5.74) is -1.05. The molecule has 7 aliphatic rings. The molecule has 6 fully saturated rings. The van der Waals surface area contributed by atoms with Crippen molar-refractivity contribution in [1.82, 2.24) is 0 Å². The predicted molar refractivity (Wildman–Crippen MR) is 211 cm³/mol. The fraction of sp³-hybridized carbons (Fsp3) is 0.952. The lowest BCUT2D eigenvalue weighted by Crippen LogP contribution is -2.69. The molecule has 60 heavy (non-hydrogen) atoms. The summed E-state index contributed by atoms with van der Waals surface area (Å²) in [6.07, 6.45) is -6.31. The summed E-state index contributed by atoms with van der Waals surface area (Å²) in [7, 11) is -4.85. The highest BCUT2D eigenvalue weighted by atomic mass is 32.3. The van der Waals surface area contributed by atoms with Crippen LogP contribution < -0.4 is 0 Å². The summed E-state index contributed by atoms with van der Waals surface area (Å²) in [4.78, 5) is 0. The molecular formula is C42H70O17S. The van der Waals surface area contributed by atoms with Gasteiger partial charge in [-0.3, -0.25) is 4.55 Å². The van der Waals surface area contributed by atoms with E-state index in [4.69, 9.17) is 23.1 Å². The Balaban J connectivity index is 1.14. The molecule has 0 spiro atoms. The number of rotatable bonds is 11. The van der Waals surface area contributed by atoms with Crippen LogP contribution in [0.3, 0.4) is 0 Å². The van der Waals surface area contributed by atoms with Crippen molar-refractivity contribution < 1.29 is 82.1 Å². The molecule has 0 unspecified atom stereocenters.